The summed E-state index contributed by atoms with van der Waals surface area (Å²) in [6.45, 7) is 1.90. The van der Waals surface area contributed by atoms with Crippen molar-refractivity contribution in [3.05, 3.63) is 29.1 Å². The molecule has 1 aliphatic heterocycles. The molecular weight excluding hydrogens is 346 g/mol. The van der Waals surface area contributed by atoms with E-state index in [0.29, 0.717) is 13.2 Å². The number of fused-ring (bicyclic) bond motifs is 1. The molecule has 1 N–H and O–H groups in total. The molecule has 8 heteroatoms. The first kappa shape index (κ1) is 17.2. The van der Waals surface area contributed by atoms with Gasteiger partial charge in [-0.1, -0.05) is 6.07 Å². The number of benzene rings is 1. The number of sulfonamides is 1. The second kappa shape index (κ2) is 7.08. The van der Waals surface area contributed by atoms with Crippen LogP contribution in [0.1, 0.15) is 12.0 Å². The van der Waals surface area contributed by atoms with Crippen LogP contribution in [0.3, 0.4) is 0 Å². The molecule has 1 aromatic carbocycles. The number of rotatable bonds is 6. The Balaban J connectivity index is 1.84. The van der Waals surface area contributed by atoms with E-state index >= 15 is 0 Å². The number of methoxy groups -OCH3 is 1. The Labute approximate surface area is 146 Å². The Hall–Kier alpha value is -1.64. The van der Waals surface area contributed by atoms with Crippen LogP contribution in [-0.2, 0) is 21.2 Å². The first-order valence-corrected chi connectivity index (χ1v) is 10.5. The third kappa shape index (κ3) is 3.71. The van der Waals surface area contributed by atoms with Gasteiger partial charge in [0.25, 0.3) is 0 Å². The number of aromatic nitrogens is 1. The Morgan fingerprint density at radius 1 is 1.42 bits per heavy atom. The summed E-state index contributed by atoms with van der Waals surface area (Å²) in [5.41, 5.74) is 3.77. The van der Waals surface area contributed by atoms with Crippen LogP contribution in [0.15, 0.2) is 23.6 Å². The van der Waals surface area contributed by atoms with Crippen LogP contribution < -0.4 is 9.62 Å². The minimum Gasteiger partial charge on any atom is -0.383 e. The largest absolute Gasteiger partial charge is 0.383 e. The molecule has 2 heterocycles. The van der Waals surface area contributed by atoms with E-state index in [-0.39, 0.29) is 0 Å². The molecule has 0 atom stereocenters. The van der Waals surface area contributed by atoms with Crippen molar-refractivity contribution in [3.8, 4) is 11.3 Å². The van der Waals surface area contributed by atoms with Gasteiger partial charge in [-0.05, 0) is 30.5 Å². The Morgan fingerprint density at radius 2 is 2.25 bits per heavy atom. The summed E-state index contributed by atoms with van der Waals surface area (Å²) in [5.74, 6) is 0. The first-order valence-electron chi connectivity index (χ1n) is 7.78. The highest BCUT2D eigenvalue weighted by atomic mass is 32.2. The van der Waals surface area contributed by atoms with E-state index in [1.807, 2.05) is 17.5 Å². The Bertz CT molecular complexity index is 818. The molecule has 0 aliphatic carbocycles. The van der Waals surface area contributed by atoms with Gasteiger partial charge in [0.1, 0.15) is 0 Å². The first-order chi connectivity index (χ1) is 11.5. The van der Waals surface area contributed by atoms with E-state index in [2.05, 4.69) is 16.4 Å². The fourth-order valence-corrected chi connectivity index (χ4v) is 4.56. The number of nitrogens with one attached hydrogen (secondary N) is 1. The molecule has 1 aromatic heterocycles. The second-order valence-corrected chi connectivity index (χ2v) is 8.50. The third-order valence-electron chi connectivity index (χ3n) is 3.94. The molecular formula is C16H21N3O3S2. The van der Waals surface area contributed by atoms with Gasteiger partial charge in [0.15, 0.2) is 5.13 Å². The molecule has 0 radical (unpaired) electrons. The molecule has 3 rings (SSSR count). The fraction of sp³-hybridized carbons (Fsp3) is 0.438. The molecule has 0 amide bonds. The lowest BCUT2D eigenvalue weighted by atomic mass is 10.00. The van der Waals surface area contributed by atoms with Gasteiger partial charge in [-0.3, -0.25) is 4.31 Å². The van der Waals surface area contributed by atoms with E-state index in [1.165, 1.54) is 10.6 Å². The van der Waals surface area contributed by atoms with Crippen molar-refractivity contribution in [2.75, 3.05) is 42.7 Å². The zero-order valence-electron chi connectivity index (χ0n) is 13.8. The Kier molecular flexibility index (Phi) is 5.07. The molecule has 130 valence electrons. The monoisotopic (exact) mass is 367 g/mol. The van der Waals surface area contributed by atoms with Gasteiger partial charge in [-0.15, -0.1) is 11.3 Å². The molecule has 0 saturated carbocycles. The molecule has 0 bridgehead atoms. The average Bonchev–Trinajstić information content (AvgIpc) is 3.02. The van der Waals surface area contributed by atoms with Gasteiger partial charge in [0.2, 0.25) is 10.0 Å². The fourth-order valence-electron chi connectivity index (χ4n) is 2.81. The van der Waals surface area contributed by atoms with Crippen LogP contribution in [-0.4, -0.2) is 46.5 Å². The number of ether oxygens (including phenoxy) is 1. The van der Waals surface area contributed by atoms with Crippen LogP contribution in [0.25, 0.3) is 11.3 Å². The van der Waals surface area contributed by atoms with Gasteiger partial charge in [-0.25, -0.2) is 13.4 Å². The topological polar surface area (TPSA) is 71.5 Å². The molecule has 1 aliphatic rings. The lowest BCUT2D eigenvalue weighted by molar-refractivity contribution is 0.211. The lowest BCUT2D eigenvalue weighted by Gasteiger charge is -2.29. The van der Waals surface area contributed by atoms with Crippen LogP contribution in [0.4, 0.5) is 10.8 Å². The van der Waals surface area contributed by atoms with Gasteiger partial charge in [0.05, 0.1) is 24.2 Å². The third-order valence-corrected chi connectivity index (χ3v) is 5.92. The van der Waals surface area contributed by atoms with Crippen LogP contribution >= 0.6 is 11.3 Å². The van der Waals surface area contributed by atoms with Crippen LogP contribution in [0, 0.1) is 0 Å². The number of nitrogens with zero attached hydrogens (tertiary/aromatic N) is 2. The summed E-state index contributed by atoms with van der Waals surface area (Å²) >= 11 is 1.55. The molecule has 0 spiro atoms. The van der Waals surface area contributed by atoms with E-state index in [1.54, 1.807) is 18.4 Å². The van der Waals surface area contributed by atoms with Crippen molar-refractivity contribution in [3.63, 3.8) is 0 Å². The summed E-state index contributed by atoms with van der Waals surface area (Å²) in [4.78, 5) is 4.59. The summed E-state index contributed by atoms with van der Waals surface area (Å²) in [5, 5.41) is 6.09. The van der Waals surface area contributed by atoms with E-state index < -0.39 is 10.0 Å². The number of aryl methyl sites for hydroxylation is 1. The minimum absolute atomic E-state index is 0.551. The van der Waals surface area contributed by atoms with Crippen molar-refractivity contribution in [2.24, 2.45) is 0 Å². The molecule has 0 saturated heterocycles. The number of hydrogen-bond acceptors (Lipinski definition) is 6. The van der Waals surface area contributed by atoms with Crippen molar-refractivity contribution < 1.29 is 13.2 Å². The summed E-state index contributed by atoms with van der Waals surface area (Å²) in [7, 11) is -1.56. The number of thiazole rings is 1. The quantitative estimate of drug-likeness (QED) is 0.795. The smallest absolute Gasteiger partial charge is 0.232 e. The highest BCUT2D eigenvalue weighted by Gasteiger charge is 2.24. The van der Waals surface area contributed by atoms with Gasteiger partial charge < -0.3 is 10.1 Å². The minimum atomic E-state index is -3.23. The van der Waals surface area contributed by atoms with Crippen molar-refractivity contribution in [1.82, 2.24) is 4.98 Å². The van der Waals surface area contributed by atoms with Gasteiger partial charge in [-0.2, -0.15) is 0 Å². The maximum absolute atomic E-state index is 11.9. The number of anilines is 2. The Morgan fingerprint density at radius 3 is 3.00 bits per heavy atom. The highest BCUT2D eigenvalue weighted by Crippen LogP contribution is 2.33. The van der Waals surface area contributed by atoms with Crippen molar-refractivity contribution >= 4 is 32.2 Å². The van der Waals surface area contributed by atoms with E-state index in [0.717, 1.165) is 47.0 Å². The zero-order chi connectivity index (χ0) is 17.2. The summed E-state index contributed by atoms with van der Waals surface area (Å²) < 4.78 is 30.4. The van der Waals surface area contributed by atoms with Crippen LogP contribution in [0.2, 0.25) is 0 Å². The summed E-state index contributed by atoms with van der Waals surface area (Å²) in [6, 6.07) is 5.89. The molecule has 2 aromatic rings. The predicted octanol–water partition coefficient (Wildman–Crippen LogP) is 2.58. The van der Waals surface area contributed by atoms with E-state index in [9.17, 15) is 8.42 Å². The standard InChI is InChI=1S/C16H21N3O3S2/c1-22-9-7-17-16-18-14(11-23-16)12-5-6-15-13(10-12)4-3-8-19(15)24(2,20)21/h5-6,10-11H,3-4,7-9H2,1-2H3,(H,17,18). The molecule has 24 heavy (non-hydrogen) atoms. The predicted molar refractivity (Wildman–Crippen MR) is 98.4 cm³/mol. The van der Waals surface area contributed by atoms with Crippen molar-refractivity contribution in [2.45, 2.75) is 12.8 Å². The maximum atomic E-state index is 11.9. The van der Waals surface area contributed by atoms with Gasteiger partial charge in [0, 0.05) is 31.1 Å². The van der Waals surface area contributed by atoms with Crippen LogP contribution in [0.5, 0.6) is 0 Å². The molecule has 6 nitrogen and oxygen atoms in total. The zero-order valence-corrected chi connectivity index (χ0v) is 15.4. The normalized spacial score (nSPS) is 14.5. The maximum Gasteiger partial charge on any atom is 0.232 e. The van der Waals surface area contributed by atoms with Gasteiger partial charge >= 0.3 is 0 Å². The second-order valence-electron chi connectivity index (χ2n) is 5.74. The average molecular weight is 367 g/mol. The SMILES string of the molecule is COCCNc1nc(-c2ccc3c(c2)CCCN3S(C)(=O)=O)cs1. The molecule has 0 unspecified atom stereocenters. The highest BCUT2D eigenvalue weighted by molar-refractivity contribution is 7.92. The number of hydrogen-bond donors (Lipinski definition) is 1. The van der Waals surface area contributed by atoms with Crippen molar-refractivity contribution in [1.29, 1.82) is 0 Å². The molecule has 0 fully saturated rings. The summed E-state index contributed by atoms with van der Waals surface area (Å²) in [6.07, 6.45) is 2.98. The van der Waals surface area contributed by atoms with E-state index in [4.69, 9.17) is 4.74 Å². The lowest BCUT2D eigenvalue weighted by Crippen LogP contribution is -2.34.